The molecule has 1 saturated heterocycles. The summed E-state index contributed by atoms with van der Waals surface area (Å²) in [4.78, 5) is 188. The van der Waals surface area contributed by atoms with Crippen LogP contribution in [0.4, 0.5) is 0 Å². The van der Waals surface area contributed by atoms with E-state index in [4.69, 9.17) is 0 Å². The Labute approximate surface area is 642 Å². The zero-order chi connectivity index (χ0) is 73.4. The third-order valence-corrected chi connectivity index (χ3v) is 17.1. The molecule has 1 heterocycles. The van der Waals surface area contributed by atoms with Crippen LogP contribution in [0, 0.1) is 41.4 Å². The van der Waals surface area contributed by atoms with Crippen molar-refractivity contribution < 1.29 is 159 Å². The van der Waals surface area contributed by atoms with Gasteiger partial charge in [0.25, 0.3) is 0 Å². The van der Waals surface area contributed by atoms with Gasteiger partial charge in [-0.1, -0.05) is 109 Å². The van der Waals surface area contributed by atoms with Gasteiger partial charge in [-0.3, -0.25) is 52.7 Å². The molecule has 1 fully saturated rings. The molecule has 548 valence electrons. The van der Waals surface area contributed by atoms with Gasteiger partial charge in [-0.05, 0) is 107 Å². The molecule has 0 aliphatic carbocycles. The van der Waals surface area contributed by atoms with Crippen LogP contribution in [0.3, 0.4) is 0 Å². The number of hydrogen-bond donors (Lipinski definition) is 5. The van der Waals surface area contributed by atoms with E-state index in [0.29, 0.717) is 6.42 Å². The molecule has 0 saturated carbocycles. The Morgan fingerprint density at radius 3 is 1.33 bits per heavy atom. The molecule has 1 aliphatic heterocycles. The van der Waals surface area contributed by atoms with E-state index < -0.39 is 179 Å². The number of hydrogen-bond acceptors (Lipinski definition) is 17. The number of nitrogens with zero attached hydrogens (tertiary/aromatic N) is 7. The number of carbonyl (C=O) groups is 13. The number of carboxylic acids is 2. The van der Waals surface area contributed by atoms with Crippen LogP contribution >= 0.6 is 0 Å². The molecule has 1 rings (SSSR count). The molecule has 1 aliphatic rings. The Hall–Kier alpha value is -4.10. The third kappa shape index (κ3) is 31.4. The molecule has 0 radical (unpaired) electrons. The van der Waals surface area contributed by atoms with Gasteiger partial charge in [0, 0.05) is 61.3 Å². The van der Waals surface area contributed by atoms with Gasteiger partial charge < -0.3 is 93.1 Å². The molecular weight excluding hydrogens is 1480 g/mol. The molecule has 0 bridgehead atoms. The number of carbonyl (C=O) groups excluding carboxylic acids is 13. The van der Waals surface area contributed by atoms with Crippen LogP contribution in [0.2, 0.25) is 0 Å². The molecule has 97 heavy (non-hydrogen) atoms. The van der Waals surface area contributed by atoms with Crippen molar-refractivity contribution in [2.24, 2.45) is 41.4 Å². The Bertz CT molecular complexity index is 2640. The number of carboxylic acid groups (broad SMARTS) is 2. The van der Waals surface area contributed by atoms with E-state index in [9.17, 15) is 68.1 Å². The number of likely N-dealkylation sites (N-methyl/N-ethyl adjacent to an activating group) is 7. The number of nitrogens with one attached hydrogen (secondary N) is 4. The standard InChI is InChI=1S/C62H111N11O12.C4H6O4S.Au.2Na/c1-25-27-28-40(15)52(75)51-56(79)65-43(26-2)58(81)67(18)33-48(74)68(19)44(29-34(3)4)55(78)66-49(38(11)12)61(84)69(20)45(30-35(5)6)54(77)63-41(16)53(76)64-42(17)57(80)70(21)46(31-36(7)8)59(82)71(22)47(32-37(9)10)60(83)72(23)50(39(13)14)62(85)73(51)24;5-3(6)1-2(9)4(7)8;;;/h25,27,34-47,49-52,75H,26,28-33H2,1-24H3,(H,63,77)(H,64,76)(H,65,79)(H,66,78);2,9H,1H2,(H,5,6)(H,7,8);;;/q;;3*+1/p-3/b27-25+;;;;/t40-,41+,42-,43+,44+,45+,46+,47+,49+,50+,51+,52-;;;;/m1..../s1. The van der Waals surface area contributed by atoms with E-state index in [1.165, 1.54) is 87.7 Å². The zero-order valence-electron chi connectivity index (χ0n) is 62.7. The SMILES string of the molecule is C/C=C/C[C@@H](C)[C@@H](O)[C@H]1C(=O)N[C@@H](CC)C(=O)N(C)CC(=O)N(C)[C@@H](CC(C)C)C(=O)N[C@@H](C(C)C)C(=O)N(C)[C@@H](CC(C)C)C(=O)N[C@@H](C)C(=O)N[C@H](C)C(=O)N(C)[C@@H](CC(C)C)C(=O)N(C)[C@@H](CC(C)C)C(=O)N(C)[C@@H](C(C)C)C(=O)N1C.O=C([O-])CC([S-])C(=O)[O-].[Au+].[Na+].[Na+]. The van der Waals surface area contributed by atoms with Crippen LogP contribution in [0.5, 0.6) is 0 Å². The van der Waals surface area contributed by atoms with E-state index in [2.05, 4.69) is 33.9 Å². The van der Waals surface area contributed by atoms with E-state index in [-0.39, 0.29) is 137 Å². The predicted octanol–water partition coefficient (Wildman–Crippen LogP) is -5.93. The van der Waals surface area contributed by atoms with Crippen molar-refractivity contribution in [3.63, 3.8) is 0 Å². The van der Waals surface area contributed by atoms with Crippen molar-refractivity contribution in [2.75, 3.05) is 55.9 Å². The number of rotatable bonds is 18. The van der Waals surface area contributed by atoms with Crippen LogP contribution in [0.15, 0.2) is 12.2 Å². The third-order valence-electron chi connectivity index (χ3n) is 16.7. The minimum atomic E-state index is -1.61. The van der Waals surface area contributed by atoms with Crippen molar-refractivity contribution in [1.82, 2.24) is 55.6 Å². The van der Waals surface area contributed by atoms with Crippen molar-refractivity contribution in [1.29, 1.82) is 0 Å². The Balaban J connectivity index is -0.00000334. The molecular formula is C66H114AuN11Na2O16S. The average Bonchev–Trinajstić information content (AvgIpc) is 0.815. The van der Waals surface area contributed by atoms with Gasteiger partial charge in [0.2, 0.25) is 65.0 Å². The normalized spacial score (nSPS) is 24.7. The monoisotopic (exact) mass is 1590 g/mol. The molecule has 27 nitrogen and oxygen atoms in total. The van der Waals surface area contributed by atoms with Gasteiger partial charge in [-0.25, -0.2) is 0 Å². The fourth-order valence-electron chi connectivity index (χ4n) is 10.9. The first-order valence-corrected chi connectivity index (χ1v) is 33.1. The van der Waals surface area contributed by atoms with Crippen LogP contribution in [0.1, 0.15) is 163 Å². The van der Waals surface area contributed by atoms with Crippen LogP contribution < -0.4 is 90.6 Å². The second-order valence-electron chi connectivity index (χ2n) is 27.5. The first kappa shape index (κ1) is 99.3. The number of aliphatic hydroxyl groups excluding tert-OH is 1. The van der Waals surface area contributed by atoms with Crippen LogP contribution in [-0.2, 0) is 97.3 Å². The largest absolute Gasteiger partial charge is 1.00 e. The Morgan fingerprint density at radius 2 is 0.928 bits per heavy atom. The van der Waals surface area contributed by atoms with E-state index in [1.54, 1.807) is 54.5 Å². The smallest absolute Gasteiger partial charge is 0.783 e. The Morgan fingerprint density at radius 1 is 0.526 bits per heavy atom. The molecule has 0 aromatic carbocycles. The fraction of sp³-hybridized carbons (Fsp3) is 0.773. The maximum absolute atomic E-state index is 15.1. The van der Waals surface area contributed by atoms with Gasteiger partial charge >= 0.3 is 81.5 Å². The van der Waals surface area contributed by atoms with Gasteiger partial charge in [0.05, 0.1) is 12.6 Å². The second kappa shape index (κ2) is 47.2. The van der Waals surface area contributed by atoms with E-state index in [0.717, 1.165) is 9.80 Å². The van der Waals surface area contributed by atoms with Crippen molar-refractivity contribution in [3.8, 4) is 0 Å². The summed E-state index contributed by atoms with van der Waals surface area (Å²) in [6.07, 6.45) is 2.37. The molecule has 11 amide bonds. The molecule has 31 heteroatoms. The van der Waals surface area contributed by atoms with Gasteiger partial charge in [-0.2, -0.15) is 0 Å². The van der Waals surface area contributed by atoms with Gasteiger partial charge in [0.15, 0.2) is 0 Å². The van der Waals surface area contributed by atoms with Crippen LogP contribution in [0.25, 0.3) is 0 Å². The summed E-state index contributed by atoms with van der Waals surface area (Å²) in [6, 6.07) is -12.3. The summed E-state index contributed by atoms with van der Waals surface area (Å²) in [5.74, 6) is -12.7. The van der Waals surface area contributed by atoms with E-state index >= 15 is 9.59 Å². The molecule has 1 unspecified atom stereocenters. The summed E-state index contributed by atoms with van der Waals surface area (Å²) in [5, 5.41) is 41.1. The zero-order valence-corrected chi connectivity index (χ0v) is 69.7. The van der Waals surface area contributed by atoms with Gasteiger partial charge in [0.1, 0.15) is 60.4 Å². The summed E-state index contributed by atoms with van der Waals surface area (Å²) in [5.41, 5.74) is 0. The topological polar surface area (TPSA) is 359 Å². The summed E-state index contributed by atoms with van der Waals surface area (Å²) in [7, 11) is 9.92. The summed E-state index contributed by atoms with van der Waals surface area (Å²) < 4.78 is 0. The minimum Gasteiger partial charge on any atom is -0.783 e. The Kier molecular flexibility index (Phi) is 48.3. The maximum Gasteiger partial charge on any atom is 1.00 e. The summed E-state index contributed by atoms with van der Waals surface area (Å²) >= 11 is 4.15. The summed E-state index contributed by atoms with van der Waals surface area (Å²) in [6.45, 7) is 29.3. The van der Waals surface area contributed by atoms with Crippen LogP contribution in [-0.4, -0.2) is 244 Å². The number of aliphatic carboxylic acids is 2. The molecule has 13 atom stereocenters. The maximum atomic E-state index is 15.1. The fourth-order valence-corrected chi connectivity index (χ4v) is 11.1. The van der Waals surface area contributed by atoms with Crippen molar-refractivity contribution in [2.45, 2.75) is 234 Å². The number of allylic oxidation sites excluding steroid dienone is 2. The number of amides is 11. The predicted molar refractivity (Wildman–Crippen MR) is 354 cm³/mol. The first-order chi connectivity index (χ1) is 43.2. The average molecular weight is 1590 g/mol. The quantitative estimate of drug-likeness (QED) is 0.0485. The van der Waals surface area contributed by atoms with E-state index in [1.807, 2.05) is 61.5 Å². The van der Waals surface area contributed by atoms with Crippen molar-refractivity contribution in [3.05, 3.63) is 12.2 Å². The molecule has 5 N–H and O–H groups in total. The molecule has 0 aromatic rings. The van der Waals surface area contributed by atoms with Crippen molar-refractivity contribution >= 4 is 89.5 Å². The van der Waals surface area contributed by atoms with Gasteiger partial charge in [-0.15, -0.1) is 5.25 Å². The molecule has 0 aromatic heterocycles. The minimum absolute atomic E-state index is 0. The second-order valence-corrected chi connectivity index (χ2v) is 28.0. The first-order valence-electron chi connectivity index (χ1n) is 32.7. The molecule has 0 spiro atoms. The number of aliphatic hydroxyl groups is 1.